The molecule has 7 heteroatoms. The van der Waals surface area contributed by atoms with Crippen molar-refractivity contribution in [3.05, 3.63) is 69.9 Å². The lowest BCUT2D eigenvalue weighted by Crippen LogP contribution is -2.28. The highest BCUT2D eigenvalue weighted by molar-refractivity contribution is 5.97. The molecule has 1 unspecified atom stereocenters. The molecule has 3 N–H and O–H groups in total. The Bertz CT molecular complexity index is 944. The number of aliphatic hydroxyl groups excluding tert-OH is 1. The Kier molecular flexibility index (Phi) is 4.18. The zero-order valence-corrected chi connectivity index (χ0v) is 12.9. The number of rotatable bonds is 4. The van der Waals surface area contributed by atoms with Gasteiger partial charge in [-0.15, -0.1) is 0 Å². The van der Waals surface area contributed by atoms with Crippen LogP contribution in [0.3, 0.4) is 0 Å². The molecular weight excluding hydrogens is 313 g/mol. The number of benzene rings is 2. The fraction of sp³-hybridized carbons (Fsp3) is 0.176. The maximum Gasteiger partial charge on any atom is 0.326 e. The molecule has 6 nitrogen and oxygen atoms in total. The molecule has 3 rings (SSSR count). The molecule has 124 valence electrons. The highest BCUT2D eigenvalue weighted by Crippen LogP contribution is 2.14. The van der Waals surface area contributed by atoms with Crippen LogP contribution in [0.15, 0.2) is 47.3 Å². The van der Waals surface area contributed by atoms with Gasteiger partial charge in [0.05, 0.1) is 17.1 Å². The van der Waals surface area contributed by atoms with Crippen molar-refractivity contribution in [2.75, 3.05) is 6.54 Å². The van der Waals surface area contributed by atoms with Crippen molar-refractivity contribution in [2.45, 2.75) is 6.10 Å². The smallest absolute Gasteiger partial charge is 0.326 e. The van der Waals surface area contributed by atoms with Crippen LogP contribution < -0.4 is 11.0 Å². The molecule has 0 saturated heterocycles. The second-order valence-corrected chi connectivity index (χ2v) is 5.50. The van der Waals surface area contributed by atoms with Crippen LogP contribution in [0.5, 0.6) is 0 Å². The predicted octanol–water partition coefficient (Wildman–Crippen LogP) is 1.47. The second-order valence-electron chi connectivity index (χ2n) is 5.50. The molecule has 0 saturated carbocycles. The molecule has 0 aliphatic heterocycles. The number of hydrogen-bond donors (Lipinski definition) is 3. The number of imidazole rings is 1. The summed E-state index contributed by atoms with van der Waals surface area (Å²) in [4.78, 5) is 26.4. The van der Waals surface area contributed by atoms with Crippen LogP contribution in [0.25, 0.3) is 11.0 Å². The molecule has 1 atom stereocenters. The van der Waals surface area contributed by atoms with Crippen LogP contribution >= 0.6 is 0 Å². The molecule has 0 spiro atoms. The minimum atomic E-state index is -0.935. The number of amides is 1. The van der Waals surface area contributed by atoms with E-state index in [4.69, 9.17) is 0 Å². The van der Waals surface area contributed by atoms with E-state index in [1.54, 1.807) is 25.2 Å². The Morgan fingerprint density at radius 1 is 1.29 bits per heavy atom. The van der Waals surface area contributed by atoms with Crippen molar-refractivity contribution in [3.8, 4) is 0 Å². The normalized spacial score (nSPS) is 12.3. The molecule has 1 aromatic heterocycles. The number of aryl methyl sites for hydroxylation is 1. The summed E-state index contributed by atoms with van der Waals surface area (Å²) in [6.07, 6.45) is -0.935. The van der Waals surface area contributed by atoms with E-state index < -0.39 is 6.10 Å². The second kappa shape index (κ2) is 6.29. The predicted molar refractivity (Wildman–Crippen MR) is 87.2 cm³/mol. The van der Waals surface area contributed by atoms with Gasteiger partial charge in [0.25, 0.3) is 5.91 Å². The molecule has 1 heterocycles. The Balaban J connectivity index is 1.70. The van der Waals surface area contributed by atoms with Crippen molar-refractivity contribution in [1.29, 1.82) is 0 Å². The lowest BCUT2D eigenvalue weighted by molar-refractivity contribution is 0.0916. The van der Waals surface area contributed by atoms with Crippen molar-refractivity contribution in [1.82, 2.24) is 14.9 Å². The monoisotopic (exact) mass is 329 g/mol. The third-order valence-corrected chi connectivity index (χ3v) is 3.88. The summed E-state index contributed by atoms with van der Waals surface area (Å²) >= 11 is 0. The molecule has 0 radical (unpaired) electrons. The van der Waals surface area contributed by atoms with Gasteiger partial charge in [-0.25, -0.2) is 9.18 Å². The van der Waals surface area contributed by atoms with E-state index in [1.165, 1.54) is 28.8 Å². The van der Waals surface area contributed by atoms with Gasteiger partial charge in [0.1, 0.15) is 5.82 Å². The average Bonchev–Trinajstić information content (AvgIpc) is 2.87. The van der Waals surface area contributed by atoms with E-state index in [1.807, 2.05) is 0 Å². The molecule has 1 amide bonds. The first kappa shape index (κ1) is 15.9. The van der Waals surface area contributed by atoms with E-state index in [0.717, 1.165) is 0 Å². The van der Waals surface area contributed by atoms with Crippen LogP contribution in [0, 0.1) is 5.82 Å². The number of aromatic amines is 1. The molecular formula is C17H16FN3O3. The Hall–Kier alpha value is -2.93. The van der Waals surface area contributed by atoms with Gasteiger partial charge in [0, 0.05) is 19.2 Å². The minimum absolute atomic E-state index is 0.00614. The number of H-pyrrole nitrogens is 1. The standard InChI is InChI=1S/C17H16FN3O3/c1-21-14-7-4-11(8-13(14)20-17(21)24)16(23)19-9-15(22)10-2-5-12(18)6-3-10/h2-8,15,22H,9H2,1H3,(H,19,23)(H,20,24). The summed E-state index contributed by atoms with van der Waals surface area (Å²) in [5.74, 6) is -0.761. The highest BCUT2D eigenvalue weighted by Gasteiger charge is 2.12. The third-order valence-electron chi connectivity index (χ3n) is 3.88. The van der Waals surface area contributed by atoms with Crippen molar-refractivity contribution in [2.24, 2.45) is 7.05 Å². The van der Waals surface area contributed by atoms with E-state index >= 15 is 0 Å². The zero-order chi connectivity index (χ0) is 17.3. The van der Waals surface area contributed by atoms with E-state index in [9.17, 15) is 19.1 Å². The lowest BCUT2D eigenvalue weighted by Gasteiger charge is -2.12. The maximum absolute atomic E-state index is 12.9. The fourth-order valence-corrected chi connectivity index (χ4v) is 2.47. The molecule has 2 aromatic carbocycles. The van der Waals surface area contributed by atoms with Crippen molar-refractivity contribution in [3.63, 3.8) is 0 Å². The van der Waals surface area contributed by atoms with Crippen LogP contribution in [0.2, 0.25) is 0 Å². The number of aliphatic hydroxyl groups is 1. The molecule has 24 heavy (non-hydrogen) atoms. The highest BCUT2D eigenvalue weighted by atomic mass is 19.1. The van der Waals surface area contributed by atoms with Gasteiger partial charge in [-0.05, 0) is 35.9 Å². The molecule has 0 fully saturated rings. The number of carbonyl (C=O) groups excluding carboxylic acids is 1. The van der Waals surface area contributed by atoms with E-state index in [0.29, 0.717) is 22.2 Å². The molecule has 0 aliphatic rings. The van der Waals surface area contributed by atoms with Crippen LogP contribution in [-0.2, 0) is 7.05 Å². The van der Waals surface area contributed by atoms with Gasteiger partial charge < -0.3 is 15.4 Å². The van der Waals surface area contributed by atoms with E-state index in [2.05, 4.69) is 10.3 Å². The summed E-state index contributed by atoms with van der Waals surface area (Å²) in [6, 6.07) is 10.3. The summed E-state index contributed by atoms with van der Waals surface area (Å²) in [5.41, 5.74) is 1.89. The number of hydrogen-bond acceptors (Lipinski definition) is 3. The number of aromatic nitrogens is 2. The zero-order valence-electron chi connectivity index (χ0n) is 12.9. The average molecular weight is 329 g/mol. The van der Waals surface area contributed by atoms with Gasteiger partial charge in [-0.2, -0.15) is 0 Å². The van der Waals surface area contributed by atoms with Gasteiger partial charge in [0.2, 0.25) is 0 Å². The van der Waals surface area contributed by atoms with E-state index in [-0.39, 0.29) is 24.0 Å². The number of halogens is 1. The summed E-state index contributed by atoms with van der Waals surface area (Å²) in [5, 5.41) is 12.6. The summed E-state index contributed by atoms with van der Waals surface area (Å²) < 4.78 is 14.3. The molecule has 0 bridgehead atoms. The van der Waals surface area contributed by atoms with Gasteiger partial charge in [-0.3, -0.25) is 9.36 Å². The topological polar surface area (TPSA) is 87.1 Å². The van der Waals surface area contributed by atoms with Crippen LogP contribution in [0.4, 0.5) is 4.39 Å². The van der Waals surface area contributed by atoms with Gasteiger partial charge >= 0.3 is 5.69 Å². The first-order valence-electron chi connectivity index (χ1n) is 7.36. The van der Waals surface area contributed by atoms with Crippen LogP contribution in [-0.4, -0.2) is 27.1 Å². The van der Waals surface area contributed by atoms with Crippen molar-refractivity contribution < 1.29 is 14.3 Å². The quantitative estimate of drug-likeness (QED) is 0.677. The number of nitrogens with one attached hydrogen (secondary N) is 2. The Labute approximate surface area is 136 Å². The fourth-order valence-electron chi connectivity index (χ4n) is 2.47. The Morgan fingerprint density at radius 3 is 2.71 bits per heavy atom. The summed E-state index contributed by atoms with van der Waals surface area (Å²) in [6.45, 7) is -0.00614. The number of carbonyl (C=O) groups is 1. The first-order chi connectivity index (χ1) is 11.5. The Morgan fingerprint density at radius 2 is 2.00 bits per heavy atom. The first-order valence-corrected chi connectivity index (χ1v) is 7.36. The van der Waals surface area contributed by atoms with Gasteiger partial charge in [-0.1, -0.05) is 12.1 Å². The lowest BCUT2D eigenvalue weighted by atomic mass is 10.1. The SMILES string of the molecule is Cn1c(=O)[nH]c2cc(C(=O)NCC(O)c3ccc(F)cc3)ccc21. The minimum Gasteiger partial charge on any atom is -0.387 e. The molecule has 3 aromatic rings. The largest absolute Gasteiger partial charge is 0.387 e. The van der Waals surface area contributed by atoms with Crippen LogP contribution in [0.1, 0.15) is 22.0 Å². The van der Waals surface area contributed by atoms with Crippen molar-refractivity contribution >= 4 is 16.9 Å². The van der Waals surface area contributed by atoms with Gasteiger partial charge in [0.15, 0.2) is 0 Å². The summed E-state index contributed by atoms with van der Waals surface area (Å²) in [7, 11) is 1.64. The number of fused-ring (bicyclic) bond motifs is 1. The number of nitrogens with zero attached hydrogens (tertiary/aromatic N) is 1. The molecule has 0 aliphatic carbocycles. The maximum atomic E-state index is 12.9. The third kappa shape index (κ3) is 3.07.